The Kier molecular flexibility index (Phi) is 6.98. The van der Waals surface area contributed by atoms with E-state index in [1.807, 2.05) is 32.0 Å². The molecule has 1 amide bonds. The molecule has 0 bridgehead atoms. The molecular weight excluding hydrogens is 300 g/mol. The van der Waals surface area contributed by atoms with Crippen LogP contribution in [-0.2, 0) is 4.79 Å². The number of rotatable bonds is 7. The first-order valence-electron chi connectivity index (χ1n) is 9.23. The van der Waals surface area contributed by atoms with Crippen molar-refractivity contribution in [2.45, 2.75) is 58.9 Å². The lowest BCUT2D eigenvalue weighted by atomic mass is 10.0. The molecule has 1 saturated heterocycles. The zero-order valence-corrected chi connectivity index (χ0v) is 15.3. The van der Waals surface area contributed by atoms with E-state index in [9.17, 15) is 9.59 Å². The van der Waals surface area contributed by atoms with Gasteiger partial charge in [0.2, 0.25) is 5.91 Å². The van der Waals surface area contributed by atoms with E-state index in [-0.39, 0.29) is 30.6 Å². The number of Topliss-reactive ketones (excluding diaryl/α,β-unsaturated/α-hetero) is 1. The number of carbonyl (C=O) groups excluding carboxylic acids is 2. The van der Waals surface area contributed by atoms with Crippen LogP contribution in [0.4, 0.5) is 0 Å². The molecule has 0 unspecified atom stereocenters. The van der Waals surface area contributed by atoms with Gasteiger partial charge in [-0.1, -0.05) is 19.1 Å². The molecule has 2 N–H and O–H groups in total. The van der Waals surface area contributed by atoms with Gasteiger partial charge in [-0.05, 0) is 37.5 Å². The Labute approximate surface area is 145 Å². The van der Waals surface area contributed by atoms with Crippen LogP contribution in [0.25, 0.3) is 0 Å². The van der Waals surface area contributed by atoms with Crippen molar-refractivity contribution in [2.75, 3.05) is 19.6 Å². The summed E-state index contributed by atoms with van der Waals surface area (Å²) >= 11 is 0. The maximum atomic E-state index is 12.2. The zero-order valence-electron chi connectivity index (χ0n) is 15.3. The third-order valence-electron chi connectivity index (χ3n) is 5.07. The second-order valence-corrected chi connectivity index (χ2v) is 7.06. The van der Waals surface area contributed by atoms with Gasteiger partial charge < -0.3 is 10.2 Å². The summed E-state index contributed by atoms with van der Waals surface area (Å²) in [5.74, 6) is 0.0617. The lowest BCUT2D eigenvalue weighted by Gasteiger charge is -2.29. The average molecular weight is 331 g/mol. The summed E-state index contributed by atoms with van der Waals surface area (Å²) in [5.41, 5.74) is 3.01. The lowest BCUT2D eigenvalue weighted by molar-refractivity contribution is -0.905. The van der Waals surface area contributed by atoms with Gasteiger partial charge in [0.05, 0.1) is 19.6 Å². The molecule has 1 aliphatic heterocycles. The Morgan fingerprint density at radius 2 is 1.83 bits per heavy atom. The molecular formula is C20H31N2O2+. The van der Waals surface area contributed by atoms with E-state index in [2.05, 4.69) is 12.2 Å². The Morgan fingerprint density at radius 1 is 1.12 bits per heavy atom. The fourth-order valence-corrected chi connectivity index (χ4v) is 3.36. The van der Waals surface area contributed by atoms with E-state index < -0.39 is 0 Å². The van der Waals surface area contributed by atoms with Gasteiger partial charge >= 0.3 is 0 Å². The molecule has 1 fully saturated rings. The number of carbonyl (C=O) groups is 2. The molecule has 1 aliphatic rings. The number of nitrogens with one attached hydrogen (secondary N) is 2. The van der Waals surface area contributed by atoms with Crippen LogP contribution >= 0.6 is 0 Å². The Morgan fingerprint density at radius 3 is 2.46 bits per heavy atom. The van der Waals surface area contributed by atoms with Crippen molar-refractivity contribution in [1.82, 2.24) is 5.32 Å². The second kappa shape index (κ2) is 8.97. The maximum Gasteiger partial charge on any atom is 0.220 e. The Hall–Kier alpha value is -1.68. The van der Waals surface area contributed by atoms with Gasteiger partial charge in [-0.25, -0.2) is 0 Å². The summed E-state index contributed by atoms with van der Waals surface area (Å²) in [5, 5.41) is 3.10. The number of ketones is 1. The number of quaternary nitrogens is 1. The van der Waals surface area contributed by atoms with Crippen molar-refractivity contribution in [3.8, 4) is 0 Å². The predicted octanol–water partition coefficient (Wildman–Crippen LogP) is 1.84. The molecule has 0 saturated carbocycles. The largest absolute Gasteiger partial charge is 0.353 e. The lowest BCUT2D eigenvalue weighted by Crippen LogP contribution is -3.13. The second-order valence-electron chi connectivity index (χ2n) is 7.06. The van der Waals surface area contributed by atoms with Gasteiger partial charge in [0.25, 0.3) is 0 Å². The monoisotopic (exact) mass is 331 g/mol. The van der Waals surface area contributed by atoms with Crippen molar-refractivity contribution in [3.05, 3.63) is 34.9 Å². The topological polar surface area (TPSA) is 50.6 Å². The molecule has 24 heavy (non-hydrogen) atoms. The highest BCUT2D eigenvalue weighted by Gasteiger charge is 2.22. The third kappa shape index (κ3) is 5.45. The summed E-state index contributed by atoms with van der Waals surface area (Å²) in [6, 6.07) is 6.03. The van der Waals surface area contributed by atoms with Crippen molar-refractivity contribution >= 4 is 11.7 Å². The highest BCUT2D eigenvalue weighted by atomic mass is 16.2. The van der Waals surface area contributed by atoms with E-state index in [0.717, 1.165) is 31.5 Å². The van der Waals surface area contributed by atoms with Crippen LogP contribution in [0, 0.1) is 13.8 Å². The average Bonchev–Trinajstić information content (AvgIpc) is 2.57. The van der Waals surface area contributed by atoms with Crippen molar-refractivity contribution < 1.29 is 14.5 Å². The van der Waals surface area contributed by atoms with Crippen LogP contribution in [0.2, 0.25) is 0 Å². The Bertz CT molecular complexity index is 575. The standard InChI is InChI=1S/C20H30N2O2/c1-4-11-22-12-9-18(10-13-22)21-20(24)8-7-19(23)17-6-5-15(2)16(3)14-17/h5-6,14,18H,4,7-13H2,1-3H3,(H,21,24)/p+1. The smallest absolute Gasteiger partial charge is 0.220 e. The summed E-state index contributed by atoms with van der Waals surface area (Å²) in [6.07, 6.45) is 3.88. The van der Waals surface area contributed by atoms with E-state index in [1.165, 1.54) is 18.5 Å². The van der Waals surface area contributed by atoms with E-state index in [1.54, 1.807) is 4.90 Å². The molecule has 132 valence electrons. The molecule has 1 aromatic rings. The number of aryl methyl sites for hydroxylation is 2. The minimum absolute atomic E-state index is 0.0103. The van der Waals surface area contributed by atoms with Crippen molar-refractivity contribution in [2.24, 2.45) is 0 Å². The number of hydrogen-bond acceptors (Lipinski definition) is 2. The molecule has 0 aliphatic carbocycles. The fraction of sp³-hybridized carbons (Fsp3) is 0.600. The summed E-state index contributed by atoms with van der Waals surface area (Å²) in [6.45, 7) is 9.76. The van der Waals surface area contributed by atoms with Crippen LogP contribution in [0.1, 0.15) is 60.5 Å². The van der Waals surface area contributed by atoms with Gasteiger partial charge in [0.1, 0.15) is 0 Å². The first kappa shape index (κ1) is 18.7. The Balaban J connectivity index is 1.73. The molecule has 2 rings (SSSR count). The number of benzene rings is 1. The number of amides is 1. The van der Waals surface area contributed by atoms with Gasteiger partial charge in [-0.3, -0.25) is 9.59 Å². The van der Waals surface area contributed by atoms with Crippen molar-refractivity contribution in [1.29, 1.82) is 0 Å². The quantitative estimate of drug-likeness (QED) is 0.749. The molecule has 1 heterocycles. The first-order valence-corrected chi connectivity index (χ1v) is 9.23. The molecule has 0 aromatic heterocycles. The number of piperidine rings is 1. The van der Waals surface area contributed by atoms with Crippen LogP contribution in [0.15, 0.2) is 18.2 Å². The maximum absolute atomic E-state index is 12.2. The van der Waals surface area contributed by atoms with E-state index >= 15 is 0 Å². The predicted molar refractivity (Wildman–Crippen MR) is 96.5 cm³/mol. The van der Waals surface area contributed by atoms with Gasteiger partial charge in [0.15, 0.2) is 5.78 Å². The van der Waals surface area contributed by atoms with Crippen LogP contribution < -0.4 is 10.2 Å². The molecule has 1 aromatic carbocycles. The summed E-state index contributed by atoms with van der Waals surface area (Å²) in [7, 11) is 0. The molecule has 4 heteroatoms. The first-order chi connectivity index (χ1) is 11.5. The fourth-order valence-electron chi connectivity index (χ4n) is 3.36. The normalized spacial score (nSPS) is 20.6. The van der Waals surface area contributed by atoms with Crippen LogP contribution in [-0.4, -0.2) is 37.4 Å². The molecule has 0 atom stereocenters. The van der Waals surface area contributed by atoms with Crippen LogP contribution in [0.5, 0.6) is 0 Å². The third-order valence-corrected chi connectivity index (χ3v) is 5.07. The summed E-state index contributed by atoms with van der Waals surface area (Å²) < 4.78 is 0. The van der Waals surface area contributed by atoms with Crippen molar-refractivity contribution in [3.63, 3.8) is 0 Å². The highest BCUT2D eigenvalue weighted by Crippen LogP contribution is 2.12. The van der Waals surface area contributed by atoms with Gasteiger partial charge in [-0.2, -0.15) is 0 Å². The molecule has 0 spiro atoms. The minimum Gasteiger partial charge on any atom is -0.353 e. The number of likely N-dealkylation sites (tertiary alicyclic amines) is 1. The van der Waals surface area contributed by atoms with Crippen LogP contribution in [0.3, 0.4) is 0 Å². The minimum atomic E-state index is 0.0103. The SMILES string of the molecule is CCC[NH+]1CCC(NC(=O)CCC(=O)c2ccc(C)c(C)c2)CC1. The van der Waals surface area contributed by atoms with Gasteiger partial charge in [-0.15, -0.1) is 0 Å². The molecule has 0 radical (unpaired) electrons. The van der Waals surface area contributed by atoms with E-state index in [4.69, 9.17) is 0 Å². The number of hydrogen-bond donors (Lipinski definition) is 2. The zero-order chi connectivity index (χ0) is 17.5. The van der Waals surface area contributed by atoms with E-state index in [0.29, 0.717) is 5.56 Å². The highest BCUT2D eigenvalue weighted by molar-refractivity contribution is 5.98. The summed E-state index contributed by atoms with van der Waals surface area (Å²) in [4.78, 5) is 26.0. The molecule has 4 nitrogen and oxygen atoms in total. The van der Waals surface area contributed by atoms with Gasteiger partial charge in [0, 0.05) is 37.3 Å².